The lowest BCUT2D eigenvalue weighted by Gasteiger charge is -2.09. The first kappa shape index (κ1) is 12.5. The van der Waals surface area contributed by atoms with Gasteiger partial charge in [0.05, 0.1) is 5.56 Å². The molecule has 1 N–H and O–H groups in total. The number of benzene rings is 2. The summed E-state index contributed by atoms with van der Waals surface area (Å²) < 4.78 is 1.90. The summed E-state index contributed by atoms with van der Waals surface area (Å²) in [6.07, 6.45) is 3.25. The summed E-state index contributed by atoms with van der Waals surface area (Å²) >= 11 is 0. The summed E-state index contributed by atoms with van der Waals surface area (Å²) in [6, 6.07) is 16.9. The van der Waals surface area contributed by atoms with Gasteiger partial charge in [0.1, 0.15) is 5.75 Å². The summed E-state index contributed by atoms with van der Waals surface area (Å²) in [6.45, 7) is 0. The number of para-hydroxylation sites is 2. The van der Waals surface area contributed by atoms with Crippen molar-refractivity contribution in [1.82, 2.24) is 19.5 Å². The lowest BCUT2D eigenvalue weighted by molar-refractivity contribution is 0.477. The first-order chi connectivity index (χ1) is 10.8. The SMILES string of the molecule is Oc1ccccc1-c1nc2nccnc2n1-c1ccccc1. The Labute approximate surface area is 126 Å². The van der Waals surface area contributed by atoms with Crippen LogP contribution in [0.1, 0.15) is 0 Å². The molecule has 5 heteroatoms. The second-order valence-corrected chi connectivity index (χ2v) is 4.83. The molecule has 22 heavy (non-hydrogen) atoms. The van der Waals surface area contributed by atoms with Gasteiger partial charge in [0.25, 0.3) is 0 Å². The van der Waals surface area contributed by atoms with Gasteiger partial charge in [0.15, 0.2) is 17.1 Å². The molecular formula is C17H12N4O. The quantitative estimate of drug-likeness (QED) is 0.615. The van der Waals surface area contributed by atoms with Crippen LogP contribution in [-0.2, 0) is 0 Å². The van der Waals surface area contributed by atoms with Crippen LogP contribution in [0.15, 0.2) is 67.0 Å². The molecule has 106 valence electrons. The lowest BCUT2D eigenvalue weighted by atomic mass is 10.2. The Morgan fingerprint density at radius 3 is 2.36 bits per heavy atom. The standard InChI is InChI=1S/C17H12N4O/c22-14-9-5-4-8-13(14)16-20-15-17(19-11-10-18-15)21(16)12-6-2-1-3-7-12/h1-11,22H. The molecule has 0 atom stereocenters. The maximum atomic E-state index is 10.2. The molecule has 5 nitrogen and oxygen atoms in total. The normalized spacial score (nSPS) is 10.9. The number of fused-ring (bicyclic) bond motifs is 1. The number of aromatic nitrogens is 4. The third-order valence-electron chi connectivity index (χ3n) is 3.46. The predicted molar refractivity (Wildman–Crippen MR) is 83.8 cm³/mol. The predicted octanol–water partition coefficient (Wildman–Crippen LogP) is 3.19. The minimum atomic E-state index is 0.176. The van der Waals surface area contributed by atoms with Gasteiger partial charge >= 0.3 is 0 Å². The molecule has 2 aromatic heterocycles. The molecule has 4 aromatic rings. The van der Waals surface area contributed by atoms with Gasteiger partial charge in [-0.25, -0.2) is 15.0 Å². The van der Waals surface area contributed by atoms with E-state index in [0.717, 1.165) is 5.69 Å². The first-order valence-corrected chi connectivity index (χ1v) is 6.88. The fourth-order valence-electron chi connectivity index (χ4n) is 2.48. The lowest BCUT2D eigenvalue weighted by Crippen LogP contribution is -1.98. The average Bonchev–Trinajstić information content (AvgIpc) is 2.95. The van der Waals surface area contributed by atoms with E-state index in [1.54, 1.807) is 24.5 Å². The zero-order valence-electron chi connectivity index (χ0n) is 11.6. The maximum Gasteiger partial charge on any atom is 0.198 e. The van der Waals surface area contributed by atoms with Crippen molar-refractivity contribution in [2.75, 3.05) is 0 Å². The smallest absolute Gasteiger partial charge is 0.198 e. The van der Waals surface area contributed by atoms with E-state index in [2.05, 4.69) is 15.0 Å². The molecule has 0 bridgehead atoms. The Hall–Kier alpha value is -3.21. The van der Waals surface area contributed by atoms with E-state index in [0.29, 0.717) is 22.7 Å². The number of phenolic OH excluding ortho intramolecular Hbond substituents is 1. The van der Waals surface area contributed by atoms with Crippen LogP contribution in [0.25, 0.3) is 28.4 Å². The summed E-state index contributed by atoms with van der Waals surface area (Å²) in [5, 5.41) is 10.2. The molecule has 4 rings (SSSR count). The average molecular weight is 288 g/mol. The molecular weight excluding hydrogens is 276 g/mol. The Bertz CT molecular complexity index is 947. The summed E-state index contributed by atoms with van der Waals surface area (Å²) in [7, 11) is 0. The van der Waals surface area contributed by atoms with E-state index in [4.69, 9.17) is 0 Å². The van der Waals surface area contributed by atoms with Gasteiger partial charge in [-0.15, -0.1) is 0 Å². The number of hydrogen-bond acceptors (Lipinski definition) is 4. The van der Waals surface area contributed by atoms with E-state index in [9.17, 15) is 5.11 Å². The number of phenols is 1. The van der Waals surface area contributed by atoms with Gasteiger partial charge in [0.2, 0.25) is 0 Å². The van der Waals surface area contributed by atoms with Gasteiger partial charge in [-0.05, 0) is 24.3 Å². The van der Waals surface area contributed by atoms with Crippen LogP contribution in [0.2, 0.25) is 0 Å². The van der Waals surface area contributed by atoms with Crippen molar-refractivity contribution < 1.29 is 5.11 Å². The third-order valence-corrected chi connectivity index (χ3v) is 3.46. The van der Waals surface area contributed by atoms with Crippen molar-refractivity contribution in [3.05, 3.63) is 67.0 Å². The second kappa shape index (κ2) is 4.96. The molecule has 0 aliphatic carbocycles. The fraction of sp³-hybridized carbons (Fsp3) is 0. The molecule has 0 aliphatic heterocycles. The highest BCUT2D eigenvalue weighted by Gasteiger charge is 2.17. The number of imidazole rings is 1. The van der Waals surface area contributed by atoms with E-state index in [1.165, 1.54) is 0 Å². The molecule has 0 aliphatic rings. The zero-order valence-corrected chi connectivity index (χ0v) is 11.6. The molecule has 0 spiro atoms. The third kappa shape index (κ3) is 1.91. The van der Waals surface area contributed by atoms with Gasteiger partial charge in [-0.1, -0.05) is 30.3 Å². The van der Waals surface area contributed by atoms with Crippen molar-refractivity contribution in [3.8, 4) is 22.8 Å². The van der Waals surface area contributed by atoms with Gasteiger partial charge in [0, 0.05) is 18.1 Å². The highest BCUT2D eigenvalue weighted by Crippen LogP contribution is 2.31. The van der Waals surface area contributed by atoms with Gasteiger partial charge < -0.3 is 5.11 Å². The van der Waals surface area contributed by atoms with Crippen molar-refractivity contribution in [2.45, 2.75) is 0 Å². The highest BCUT2D eigenvalue weighted by molar-refractivity contribution is 5.78. The Kier molecular flexibility index (Phi) is 2.83. The van der Waals surface area contributed by atoms with Crippen molar-refractivity contribution >= 4 is 11.3 Å². The summed E-state index contributed by atoms with van der Waals surface area (Å²) in [5.74, 6) is 0.792. The topological polar surface area (TPSA) is 63.8 Å². The minimum Gasteiger partial charge on any atom is -0.507 e. The largest absolute Gasteiger partial charge is 0.507 e. The number of nitrogens with zero attached hydrogens (tertiary/aromatic N) is 4. The Morgan fingerprint density at radius 2 is 1.55 bits per heavy atom. The molecule has 0 unspecified atom stereocenters. The molecule has 0 amide bonds. The number of rotatable bonds is 2. The molecule has 2 heterocycles. The van der Waals surface area contributed by atoms with Crippen LogP contribution in [-0.4, -0.2) is 24.6 Å². The molecule has 0 saturated carbocycles. The van der Waals surface area contributed by atoms with Gasteiger partial charge in [-0.2, -0.15) is 0 Å². The molecule has 2 aromatic carbocycles. The monoisotopic (exact) mass is 288 g/mol. The number of aromatic hydroxyl groups is 1. The van der Waals surface area contributed by atoms with Crippen molar-refractivity contribution in [1.29, 1.82) is 0 Å². The van der Waals surface area contributed by atoms with E-state index < -0.39 is 0 Å². The number of hydrogen-bond donors (Lipinski definition) is 1. The fourth-order valence-corrected chi connectivity index (χ4v) is 2.48. The minimum absolute atomic E-state index is 0.176. The van der Waals surface area contributed by atoms with Crippen molar-refractivity contribution in [2.24, 2.45) is 0 Å². The van der Waals surface area contributed by atoms with Crippen molar-refractivity contribution in [3.63, 3.8) is 0 Å². The molecule has 0 radical (unpaired) electrons. The Morgan fingerprint density at radius 1 is 0.818 bits per heavy atom. The van der Waals surface area contributed by atoms with Crippen LogP contribution < -0.4 is 0 Å². The molecule has 0 saturated heterocycles. The first-order valence-electron chi connectivity index (χ1n) is 6.88. The van der Waals surface area contributed by atoms with Crippen LogP contribution in [0.4, 0.5) is 0 Å². The highest BCUT2D eigenvalue weighted by atomic mass is 16.3. The zero-order chi connectivity index (χ0) is 14.9. The van der Waals surface area contributed by atoms with E-state index >= 15 is 0 Å². The van der Waals surface area contributed by atoms with Gasteiger partial charge in [-0.3, -0.25) is 4.57 Å². The summed E-state index contributed by atoms with van der Waals surface area (Å²) in [4.78, 5) is 13.2. The molecule has 0 fully saturated rings. The van der Waals surface area contributed by atoms with Crippen LogP contribution in [0.5, 0.6) is 5.75 Å². The van der Waals surface area contributed by atoms with E-state index in [-0.39, 0.29) is 5.75 Å². The second-order valence-electron chi connectivity index (χ2n) is 4.83. The van der Waals surface area contributed by atoms with Crippen LogP contribution >= 0.6 is 0 Å². The maximum absolute atomic E-state index is 10.2. The van der Waals surface area contributed by atoms with E-state index in [1.807, 2.05) is 47.0 Å². The van der Waals surface area contributed by atoms with Crippen LogP contribution in [0.3, 0.4) is 0 Å². The van der Waals surface area contributed by atoms with Crippen LogP contribution in [0, 0.1) is 0 Å². The summed E-state index contributed by atoms with van der Waals surface area (Å²) in [5.41, 5.74) is 2.77. The Balaban J connectivity index is 2.09.